The molecular weight excluding hydrogens is 214 g/mol. The first-order chi connectivity index (χ1) is 8.31. The van der Waals surface area contributed by atoms with E-state index in [1.807, 2.05) is 4.68 Å². The maximum atomic E-state index is 10.3. The van der Waals surface area contributed by atoms with Gasteiger partial charge in [-0.1, -0.05) is 26.2 Å². The molecule has 1 heterocycles. The Balaban J connectivity index is 1.92. The highest BCUT2D eigenvalue weighted by atomic mass is 16.3. The Morgan fingerprint density at radius 3 is 2.88 bits per heavy atom. The lowest BCUT2D eigenvalue weighted by Crippen LogP contribution is -2.26. The smallest absolute Gasteiger partial charge is 0.138 e. The van der Waals surface area contributed by atoms with Crippen LogP contribution in [0.2, 0.25) is 0 Å². The molecule has 1 atom stereocenters. The molecule has 1 fully saturated rings. The summed E-state index contributed by atoms with van der Waals surface area (Å²) in [6.45, 7) is 3.02. The number of rotatable bonds is 5. The van der Waals surface area contributed by atoms with Crippen LogP contribution in [-0.4, -0.2) is 26.0 Å². The van der Waals surface area contributed by atoms with Gasteiger partial charge in [-0.2, -0.15) is 5.10 Å². The molecule has 2 rings (SSSR count). The van der Waals surface area contributed by atoms with E-state index in [4.69, 9.17) is 0 Å². The van der Waals surface area contributed by atoms with Crippen LogP contribution in [0.1, 0.15) is 51.3 Å². The number of hydrogen-bond donors (Lipinski definition) is 1. The van der Waals surface area contributed by atoms with Crippen LogP contribution >= 0.6 is 0 Å². The van der Waals surface area contributed by atoms with Crippen LogP contribution in [0, 0.1) is 5.92 Å². The predicted octanol–water partition coefficient (Wildman–Crippen LogP) is 2.17. The summed E-state index contributed by atoms with van der Waals surface area (Å²) in [6, 6.07) is 0. The Morgan fingerprint density at radius 2 is 2.18 bits per heavy atom. The standard InChI is InChI=1S/C13H23N3O/c1-2-8-16-13(14-10-15-16)9-12(17)11-6-4-3-5-7-11/h10-12,17H,2-9H2,1H3. The molecule has 1 aliphatic carbocycles. The minimum absolute atomic E-state index is 0.241. The maximum Gasteiger partial charge on any atom is 0.138 e. The first-order valence-corrected chi connectivity index (χ1v) is 6.86. The van der Waals surface area contributed by atoms with Crippen LogP contribution in [0.4, 0.5) is 0 Å². The highest BCUT2D eigenvalue weighted by Gasteiger charge is 2.23. The molecule has 1 unspecified atom stereocenters. The van der Waals surface area contributed by atoms with Crippen molar-refractivity contribution >= 4 is 0 Å². The second kappa shape index (κ2) is 6.15. The summed E-state index contributed by atoms with van der Waals surface area (Å²) in [4.78, 5) is 4.26. The molecule has 1 aliphatic rings. The Kier molecular flexibility index (Phi) is 4.54. The minimum Gasteiger partial charge on any atom is -0.392 e. The lowest BCUT2D eigenvalue weighted by atomic mass is 9.84. The molecule has 0 radical (unpaired) electrons. The van der Waals surface area contributed by atoms with Crippen molar-refractivity contribution in [3.63, 3.8) is 0 Å². The van der Waals surface area contributed by atoms with Gasteiger partial charge in [0.05, 0.1) is 6.10 Å². The quantitative estimate of drug-likeness (QED) is 0.854. The monoisotopic (exact) mass is 237 g/mol. The van der Waals surface area contributed by atoms with Gasteiger partial charge >= 0.3 is 0 Å². The average Bonchev–Trinajstić information content (AvgIpc) is 2.78. The van der Waals surface area contributed by atoms with Gasteiger partial charge in [-0.05, 0) is 25.2 Å². The molecule has 0 amide bonds. The largest absolute Gasteiger partial charge is 0.392 e. The average molecular weight is 237 g/mol. The molecule has 0 spiro atoms. The fourth-order valence-corrected chi connectivity index (χ4v) is 2.72. The van der Waals surface area contributed by atoms with Crippen LogP contribution in [0.25, 0.3) is 0 Å². The summed E-state index contributed by atoms with van der Waals surface area (Å²) >= 11 is 0. The fourth-order valence-electron chi connectivity index (χ4n) is 2.72. The number of nitrogens with zero attached hydrogens (tertiary/aromatic N) is 3. The molecule has 0 saturated heterocycles. The van der Waals surface area contributed by atoms with E-state index in [9.17, 15) is 5.11 Å². The van der Waals surface area contributed by atoms with Gasteiger partial charge in [0.2, 0.25) is 0 Å². The third kappa shape index (κ3) is 3.28. The van der Waals surface area contributed by atoms with Gasteiger partial charge in [-0.15, -0.1) is 0 Å². The van der Waals surface area contributed by atoms with E-state index in [-0.39, 0.29) is 6.10 Å². The number of aromatic nitrogens is 3. The second-order valence-corrected chi connectivity index (χ2v) is 5.07. The van der Waals surface area contributed by atoms with Crippen molar-refractivity contribution < 1.29 is 5.11 Å². The van der Waals surface area contributed by atoms with Crippen molar-refractivity contribution in [3.8, 4) is 0 Å². The Morgan fingerprint density at radius 1 is 1.41 bits per heavy atom. The Hall–Kier alpha value is -0.900. The molecule has 4 heteroatoms. The van der Waals surface area contributed by atoms with E-state index < -0.39 is 0 Å². The summed E-state index contributed by atoms with van der Waals surface area (Å²) in [5.74, 6) is 1.40. The summed E-state index contributed by atoms with van der Waals surface area (Å²) in [7, 11) is 0. The van der Waals surface area contributed by atoms with Crippen LogP contribution in [0.15, 0.2) is 6.33 Å². The Labute approximate surface area is 103 Å². The molecule has 1 saturated carbocycles. The zero-order valence-electron chi connectivity index (χ0n) is 10.7. The van der Waals surface area contributed by atoms with E-state index in [0.29, 0.717) is 12.3 Å². The minimum atomic E-state index is -0.241. The van der Waals surface area contributed by atoms with Crippen molar-refractivity contribution in [3.05, 3.63) is 12.2 Å². The van der Waals surface area contributed by atoms with Crippen LogP contribution < -0.4 is 0 Å². The number of hydrogen-bond acceptors (Lipinski definition) is 3. The number of aliphatic hydroxyl groups is 1. The third-order valence-electron chi connectivity index (χ3n) is 3.72. The van der Waals surface area contributed by atoms with Crippen LogP contribution in [0.5, 0.6) is 0 Å². The lowest BCUT2D eigenvalue weighted by Gasteiger charge is -2.26. The van der Waals surface area contributed by atoms with E-state index in [2.05, 4.69) is 17.0 Å². The van der Waals surface area contributed by atoms with E-state index >= 15 is 0 Å². The summed E-state index contributed by atoms with van der Waals surface area (Å²) in [5.41, 5.74) is 0. The fraction of sp³-hybridized carbons (Fsp3) is 0.846. The maximum absolute atomic E-state index is 10.3. The van der Waals surface area contributed by atoms with Crippen LogP contribution in [-0.2, 0) is 13.0 Å². The number of aryl methyl sites for hydroxylation is 1. The highest BCUT2D eigenvalue weighted by Crippen LogP contribution is 2.27. The SMILES string of the molecule is CCCn1ncnc1CC(O)C1CCCCC1. The zero-order valence-corrected chi connectivity index (χ0v) is 10.7. The van der Waals surface area contributed by atoms with Crippen molar-refractivity contribution in [2.24, 2.45) is 5.92 Å². The van der Waals surface area contributed by atoms with Crippen LogP contribution in [0.3, 0.4) is 0 Å². The van der Waals surface area contributed by atoms with Crippen molar-refractivity contribution in [1.82, 2.24) is 14.8 Å². The lowest BCUT2D eigenvalue weighted by molar-refractivity contribution is 0.0823. The van der Waals surface area contributed by atoms with E-state index in [1.54, 1.807) is 6.33 Å². The molecular formula is C13H23N3O. The van der Waals surface area contributed by atoms with E-state index in [1.165, 1.54) is 32.1 Å². The highest BCUT2D eigenvalue weighted by molar-refractivity contribution is 4.90. The first kappa shape index (κ1) is 12.6. The summed E-state index contributed by atoms with van der Waals surface area (Å²) in [6.07, 6.45) is 9.27. The number of aliphatic hydroxyl groups excluding tert-OH is 1. The van der Waals surface area contributed by atoms with Gasteiger partial charge in [-0.25, -0.2) is 4.98 Å². The van der Waals surface area contributed by atoms with Crippen molar-refractivity contribution in [2.45, 2.75) is 64.5 Å². The zero-order chi connectivity index (χ0) is 12.1. The Bertz CT molecular complexity index is 331. The van der Waals surface area contributed by atoms with Crippen molar-refractivity contribution in [2.75, 3.05) is 0 Å². The summed E-state index contributed by atoms with van der Waals surface area (Å²) < 4.78 is 1.92. The third-order valence-corrected chi connectivity index (χ3v) is 3.72. The summed E-state index contributed by atoms with van der Waals surface area (Å²) in [5, 5.41) is 14.5. The molecule has 4 nitrogen and oxygen atoms in total. The first-order valence-electron chi connectivity index (χ1n) is 6.86. The van der Waals surface area contributed by atoms with Gasteiger partial charge in [0, 0.05) is 13.0 Å². The molecule has 0 bridgehead atoms. The molecule has 0 aromatic carbocycles. The van der Waals surface area contributed by atoms with Gasteiger partial charge in [0.1, 0.15) is 12.2 Å². The molecule has 1 aromatic rings. The molecule has 1 N–H and O–H groups in total. The van der Waals surface area contributed by atoms with Gasteiger partial charge < -0.3 is 5.11 Å². The van der Waals surface area contributed by atoms with Crippen molar-refractivity contribution in [1.29, 1.82) is 0 Å². The second-order valence-electron chi connectivity index (χ2n) is 5.07. The van der Waals surface area contributed by atoms with E-state index in [0.717, 1.165) is 18.8 Å². The molecule has 17 heavy (non-hydrogen) atoms. The topological polar surface area (TPSA) is 50.9 Å². The predicted molar refractivity (Wildman–Crippen MR) is 66.6 cm³/mol. The van der Waals surface area contributed by atoms with Gasteiger partial charge in [-0.3, -0.25) is 4.68 Å². The molecule has 0 aliphatic heterocycles. The molecule has 1 aromatic heterocycles. The normalized spacial score (nSPS) is 19.4. The van der Waals surface area contributed by atoms with Gasteiger partial charge in [0.25, 0.3) is 0 Å². The van der Waals surface area contributed by atoms with Gasteiger partial charge in [0.15, 0.2) is 0 Å². The molecule has 96 valence electrons.